The minimum atomic E-state index is -1.17. The molecule has 9 heteroatoms. The highest BCUT2D eigenvalue weighted by molar-refractivity contribution is 6.02. The molecular weight excluding hydrogens is 620 g/mol. The van der Waals surface area contributed by atoms with Gasteiger partial charge in [-0.05, 0) is 129 Å². The minimum Gasteiger partial charge on any atom is -0.481 e. The summed E-state index contributed by atoms with van der Waals surface area (Å²) in [6.07, 6.45) is 8.66. The molecule has 5 fully saturated rings. The maximum absolute atomic E-state index is 13.8. The van der Waals surface area contributed by atoms with Crippen LogP contribution in [-0.4, -0.2) is 52.7 Å². The molecule has 0 heterocycles. The van der Waals surface area contributed by atoms with Crippen LogP contribution in [0.25, 0.3) is 0 Å². The van der Waals surface area contributed by atoms with Gasteiger partial charge >= 0.3 is 18.0 Å². The van der Waals surface area contributed by atoms with Gasteiger partial charge < -0.3 is 25.6 Å². The summed E-state index contributed by atoms with van der Waals surface area (Å²) in [6, 6.07) is 0. The molecule has 0 saturated heterocycles. The van der Waals surface area contributed by atoms with Crippen molar-refractivity contribution >= 4 is 23.8 Å². The first kappa shape index (κ1) is 36.4. The number of alkyl carbamates (subject to hydrolysis) is 1. The van der Waals surface area contributed by atoms with E-state index in [-0.39, 0.29) is 58.4 Å². The molecule has 0 aromatic rings. The van der Waals surface area contributed by atoms with Crippen LogP contribution in [-0.2, 0) is 23.9 Å². The summed E-state index contributed by atoms with van der Waals surface area (Å²) < 4.78 is 11.8. The lowest BCUT2D eigenvalue weighted by Gasteiger charge is -2.72. The number of carbonyl (C=O) groups is 4. The molecular formula is C40H62N2O7. The van der Waals surface area contributed by atoms with Gasteiger partial charge in [0.25, 0.3) is 0 Å². The lowest BCUT2D eigenvalue weighted by molar-refractivity contribution is -0.232. The van der Waals surface area contributed by atoms with Crippen molar-refractivity contribution in [2.24, 2.45) is 56.5 Å². The summed E-state index contributed by atoms with van der Waals surface area (Å²) in [4.78, 5) is 51.9. The third-order valence-corrected chi connectivity index (χ3v) is 15.5. The number of nitrogens with two attached hydrogens (primary N) is 1. The molecule has 0 bridgehead atoms. The molecule has 49 heavy (non-hydrogen) atoms. The van der Waals surface area contributed by atoms with E-state index in [0.29, 0.717) is 18.3 Å². The van der Waals surface area contributed by atoms with E-state index in [1.807, 2.05) is 0 Å². The van der Waals surface area contributed by atoms with Gasteiger partial charge in [-0.15, -0.1) is 0 Å². The molecule has 5 saturated carbocycles. The Labute approximate surface area is 293 Å². The van der Waals surface area contributed by atoms with Crippen molar-refractivity contribution in [3.8, 4) is 0 Å². The van der Waals surface area contributed by atoms with Gasteiger partial charge in [0.2, 0.25) is 0 Å². The standard InChI is InChI=1S/C40H62N2O7/c1-23(2)30-25(43)20-40(42-33(47)48-22-39(41)17-18-39)19-16-37(8)24(31(30)40)10-11-27-36(7)14-13-28(49-29(44)21-34(3,4)32(45)46)35(5,6)26(36)12-15-38(27,37)9/h23-24,26-28H,10-22,41H2,1-9H3,(H,42,47)(H,45,46)/t24?,26?,27?,28-,36-,37+,38?,40+/m0/s1. The highest BCUT2D eigenvalue weighted by Gasteiger charge is 2.70. The van der Waals surface area contributed by atoms with Crippen LogP contribution in [0, 0.1) is 50.7 Å². The van der Waals surface area contributed by atoms with Crippen molar-refractivity contribution in [2.75, 3.05) is 6.61 Å². The van der Waals surface area contributed by atoms with Gasteiger partial charge in [0.15, 0.2) is 5.78 Å². The average molecular weight is 683 g/mol. The minimum absolute atomic E-state index is 0.0254. The zero-order valence-electron chi connectivity index (χ0n) is 31.6. The number of hydrogen-bond acceptors (Lipinski definition) is 7. The Balaban J connectivity index is 1.27. The number of carboxylic acids is 1. The van der Waals surface area contributed by atoms with Gasteiger partial charge in [-0.1, -0.05) is 48.5 Å². The fourth-order valence-corrected chi connectivity index (χ4v) is 12.3. The Morgan fingerprint density at radius 1 is 0.918 bits per heavy atom. The fraction of sp³-hybridized carbons (Fsp3) is 0.850. The Morgan fingerprint density at radius 3 is 2.20 bits per heavy atom. The predicted octanol–water partition coefficient (Wildman–Crippen LogP) is 7.35. The molecule has 0 aromatic carbocycles. The first-order valence-electron chi connectivity index (χ1n) is 19.0. The second-order valence-corrected chi connectivity index (χ2v) is 19.5. The molecule has 1 amide bonds. The van der Waals surface area contributed by atoms with E-state index in [9.17, 15) is 24.3 Å². The molecule has 0 radical (unpaired) electrons. The van der Waals surface area contributed by atoms with E-state index >= 15 is 0 Å². The van der Waals surface area contributed by atoms with Gasteiger partial charge in [-0.25, -0.2) is 4.79 Å². The van der Waals surface area contributed by atoms with E-state index in [2.05, 4.69) is 53.8 Å². The number of aliphatic carboxylic acids is 1. The van der Waals surface area contributed by atoms with E-state index < -0.39 is 34.5 Å². The molecule has 274 valence electrons. The Hall–Kier alpha value is -2.42. The SMILES string of the molecule is CC(C)C1=C2C3CCC4C(C)(CCC5C(C)(C)[C@@H](OC(=O)CC(C)(C)C(=O)O)CC[C@@]54C)[C@]3(C)CC[C@@]2(NC(=O)OCC2(N)CC2)CC1=O. The fourth-order valence-electron chi connectivity index (χ4n) is 12.3. The molecule has 0 aliphatic heterocycles. The molecule has 6 aliphatic rings. The summed E-state index contributed by atoms with van der Waals surface area (Å²) in [5, 5.41) is 12.9. The Kier molecular flexibility index (Phi) is 8.57. The smallest absolute Gasteiger partial charge is 0.407 e. The maximum atomic E-state index is 13.8. The molecule has 9 nitrogen and oxygen atoms in total. The predicted molar refractivity (Wildman–Crippen MR) is 186 cm³/mol. The zero-order valence-corrected chi connectivity index (χ0v) is 31.6. The topological polar surface area (TPSA) is 145 Å². The average Bonchev–Trinajstić information content (AvgIpc) is 3.64. The summed E-state index contributed by atoms with van der Waals surface area (Å²) in [5.74, 6) is -0.180. The van der Waals surface area contributed by atoms with E-state index in [1.54, 1.807) is 13.8 Å². The van der Waals surface area contributed by atoms with Gasteiger partial charge in [-0.3, -0.25) is 14.4 Å². The monoisotopic (exact) mass is 682 g/mol. The number of esters is 1. The van der Waals surface area contributed by atoms with E-state index in [4.69, 9.17) is 15.2 Å². The number of ketones is 1. The van der Waals surface area contributed by atoms with Gasteiger partial charge in [0.05, 0.1) is 22.9 Å². The van der Waals surface area contributed by atoms with Gasteiger partial charge in [0.1, 0.15) is 12.7 Å². The normalized spacial score (nSPS) is 40.4. The number of amides is 1. The van der Waals surface area contributed by atoms with Crippen LogP contribution in [0.2, 0.25) is 0 Å². The first-order valence-corrected chi connectivity index (χ1v) is 19.0. The first-order chi connectivity index (χ1) is 22.6. The van der Waals surface area contributed by atoms with Crippen LogP contribution in [0.1, 0.15) is 139 Å². The molecule has 6 rings (SSSR count). The maximum Gasteiger partial charge on any atom is 0.407 e. The Morgan fingerprint density at radius 2 is 1.59 bits per heavy atom. The van der Waals surface area contributed by atoms with Crippen LogP contribution in [0.5, 0.6) is 0 Å². The molecule has 0 aromatic heterocycles. The Bertz CT molecular complexity index is 1460. The van der Waals surface area contributed by atoms with Crippen LogP contribution in [0.15, 0.2) is 11.1 Å². The van der Waals surface area contributed by atoms with Crippen molar-refractivity contribution in [2.45, 2.75) is 157 Å². The second kappa shape index (κ2) is 11.5. The number of hydrogen-bond donors (Lipinski definition) is 3. The van der Waals surface area contributed by atoms with Crippen molar-refractivity contribution < 1.29 is 33.8 Å². The number of allylic oxidation sites excluding steroid dienone is 1. The highest BCUT2D eigenvalue weighted by Crippen LogP contribution is 2.76. The van der Waals surface area contributed by atoms with E-state index in [0.717, 1.165) is 69.8 Å². The van der Waals surface area contributed by atoms with Crippen molar-refractivity contribution in [1.29, 1.82) is 0 Å². The van der Waals surface area contributed by atoms with Crippen molar-refractivity contribution in [1.82, 2.24) is 5.32 Å². The summed E-state index contributed by atoms with van der Waals surface area (Å²) >= 11 is 0. The van der Waals surface area contributed by atoms with Crippen LogP contribution in [0.3, 0.4) is 0 Å². The van der Waals surface area contributed by atoms with Crippen molar-refractivity contribution in [3.05, 3.63) is 11.1 Å². The van der Waals surface area contributed by atoms with Crippen molar-refractivity contribution in [3.63, 3.8) is 0 Å². The quantitative estimate of drug-likeness (QED) is 0.225. The van der Waals surface area contributed by atoms with Gasteiger partial charge in [0, 0.05) is 11.8 Å². The number of fused-ring (bicyclic) bond motifs is 7. The summed E-state index contributed by atoms with van der Waals surface area (Å²) in [6.45, 7) is 19.6. The number of rotatable bonds is 8. The van der Waals surface area contributed by atoms with Crippen LogP contribution < -0.4 is 11.1 Å². The molecule has 0 spiro atoms. The number of carboxylic acid groups (broad SMARTS) is 1. The third-order valence-electron chi connectivity index (χ3n) is 15.5. The largest absolute Gasteiger partial charge is 0.481 e. The molecule has 4 unspecified atom stereocenters. The van der Waals surface area contributed by atoms with Crippen LogP contribution >= 0.6 is 0 Å². The molecule has 8 atom stereocenters. The lowest BCUT2D eigenvalue weighted by atomic mass is 9.33. The number of carbonyl (C=O) groups excluding carboxylic acids is 3. The molecule has 6 aliphatic carbocycles. The zero-order chi connectivity index (χ0) is 36.2. The molecule has 4 N–H and O–H groups in total. The number of nitrogens with one attached hydrogen (secondary N) is 1. The summed E-state index contributed by atoms with van der Waals surface area (Å²) in [5.41, 5.74) is 5.82. The highest BCUT2D eigenvalue weighted by atomic mass is 16.6. The number of ether oxygens (including phenoxy) is 2. The van der Waals surface area contributed by atoms with Gasteiger partial charge in [-0.2, -0.15) is 0 Å². The van der Waals surface area contributed by atoms with Crippen LogP contribution in [0.4, 0.5) is 4.79 Å². The lowest BCUT2D eigenvalue weighted by Crippen LogP contribution is -2.67. The summed E-state index contributed by atoms with van der Waals surface area (Å²) in [7, 11) is 0. The number of Topliss-reactive ketones (excluding diaryl/α,β-unsaturated/α-hetero) is 1. The second-order valence-electron chi connectivity index (χ2n) is 19.5. The van der Waals surface area contributed by atoms with E-state index in [1.165, 1.54) is 5.57 Å². The third kappa shape index (κ3) is 5.58.